The standard InChI is InChI=1S/C17H19F2N3O2/c18-13-5-4-12(16(19)8-13)7-17(23)21-14-9-20-22(10-14)11-15-3-1-2-6-24-15/h4-5,8-10,15H,1-3,6-7,11H2,(H,21,23). The Kier molecular flexibility index (Phi) is 5.20. The van der Waals surface area contributed by atoms with Gasteiger partial charge in [-0.3, -0.25) is 9.48 Å². The Bertz CT molecular complexity index is 712. The fourth-order valence-corrected chi connectivity index (χ4v) is 2.73. The lowest BCUT2D eigenvalue weighted by Crippen LogP contribution is -2.24. The fourth-order valence-electron chi connectivity index (χ4n) is 2.73. The molecule has 2 aromatic rings. The molecule has 0 spiro atoms. The third-order valence-electron chi connectivity index (χ3n) is 3.95. The fraction of sp³-hybridized carbons (Fsp3) is 0.412. The number of carbonyl (C=O) groups is 1. The van der Waals surface area contributed by atoms with Gasteiger partial charge in [0.25, 0.3) is 0 Å². The van der Waals surface area contributed by atoms with Gasteiger partial charge >= 0.3 is 0 Å². The third kappa shape index (κ3) is 4.38. The molecule has 128 valence electrons. The third-order valence-corrected chi connectivity index (χ3v) is 3.95. The second-order valence-corrected chi connectivity index (χ2v) is 5.90. The zero-order valence-electron chi connectivity index (χ0n) is 13.2. The Morgan fingerprint density at radius 3 is 3.00 bits per heavy atom. The molecule has 1 unspecified atom stereocenters. The number of hydrogen-bond donors (Lipinski definition) is 1. The van der Waals surface area contributed by atoms with E-state index in [1.54, 1.807) is 17.1 Å². The number of hydrogen-bond acceptors (Lipinski definition) is 3. The molecule has 1 aliphatic rings. The summed E-state index contributed by atoms with van der Waals surface area (Å²) in [5.41, 5.74) is 0.690. The summed E-state index contributed by atoms with van der Waals surface area (Å²) in [7, 11) is 0. The van der Waals surface area contributed by atoms with Crippen LogP contribution >= 0.6 is 0 Å². The highest BCUT2D eigenvalue weighted by Crippen LogP contribution is 2.16. The Balaban J connectivity index is 1.54. The van der Waals surface area contributed by atoms with Gasteiger partial charge in [-0.15, -0.1) is 0 Å². The van der Waals surface area contributed by atoms with E-state index in [4.69, 9.17) is 4.74 Å². The second-order valence-electron chi connectivity index (χ2n) is 5.90. The van der Waals surface area contributed by atoms with E-state index in [0.29, 0.717) is 12.2 Å². The SMILES string of the molecule is O=C(Cc1ccc(F)cc1F)Nc1cnn(CC2CCCCO2)c1. The number of rotatable bonds is 5. The molecule has 0 aliphatic carbocycles. The molecular weight excluding hydrogens is 316 g/mol. The van der Waals surface area contributed by atoms with Crippen LogP contribution in [0.4, 0.5) is 14.5 Å². The normalized spacial score (nSPS) is 17.7. The van der Waals surface area contributed by atoms with Gasteiger partial charge in [0.05, 0.1) is 31.0 Å². The number of nitrogens with zero attached hydrogens (tertiary/aromatic N) is 2. The van der Waals surface area contributed by atoms with Crippen LogP contribution in [-0.4, -0.2) is 28.4 Å². The maximum absolute atomic E-state index is 13.6. The molecule has 1 aliphatic heterocycles. The van der Waals surface area contributed by atoms with Crippen molar-refractivity contribution < 1.29 is 18.3 Å². The molecule has 7 heteroatoms. The molecule has 3 rings (SSSR count). The van der Waals surface area contributed by atoms with Gasteiger partial charge in [-0.1, -0.05) is 6.07 Å². The lowest BCUT2D eigenvalue weighted by molar-refractivity contribution is -0.115. The van der Waals surface area contributed by atoms with Crippen molar-refractivity contribution in [3.8, 4) is 0 Å². The van der Waals surface area contributed by atoms with Crippen molar-refractivity contribution in [3.05, 3.63) is 47.8 Å². The predicted octanol–water partition coefficient (Wildman–Crippen LogP) is 2.91. The summed E-state index contributed by atoms with van der Waals surface area (Å²) in [5.74, 6) is -1.77. The maximum atomic E-state index is 13.6. The molecule has 0 bridgehead atoms. The van der Waals surface area contributed by atoms with Crippen molar-refractivity contribution in [2.75, 3.05) is 11.9 Å². The summed E-state index contributed by atoms with van der Waals surface area (Å²) in [5, 5.41) is 6.86. The van der Waals surface area contributed by atoms with Gasteiger partial charge in [-0.25, -0.2) is 8.78 Å². The molecule has 5 nitrogen and oxygen atoms in total. The minimum Gasteiger partial charge on any atom is -0.376 e. The van der Waals surface area contributed by atoms with Gasteiger partial charge in [0.1, 0.15) is 11.6 Å². The molecule has 1 N–H and O–H groups in total. The summed E-state index contributed by atoms with van der Waals surface area (Å²) < 4.78 is 33.8. The Morgan fingerprint density at radius 1 is 1.38 bits per heavy atom. The number of nitrogens with one attached hydrogen (secondary N) is 1. The van der Waals surface area contributed by atoms with E-state index in [2.05, 4.69) is 10.4 Å². The van der Waals surface area contributed by atoms with Crippen molar-refractivity contribution in [3.63, 3.8) is 0 Å². The van der Waals surface area contributed by atoms with Crippen molar-refractivity contribution in [1.29, 1.82) is 0 Å². The summed E-state index contributed by atoms with van der Waals surface area (Å²) in [6.45, 7) is 1.42. The molecule has 1 saturated heterocycles. The summed E-state index contributed by atoms with van der Waals surface area (Å²) in [6, 6.07) is 3.17. The summed E-state index contributed by atoms with van der Waals surface area (Å²) >= 11 is 0. The van der Waals surface area contributed by atoms with Crippen molar-refractivity contribution in [2.24, 2.45) is 0 Å². The lowest BCUT2D eigenvalue weighted by atomic mass is 10.1. The lowest BCUT2D eigenvalue weighted by Gasteiger charge is -2.22. The van der Waals surface area contributed by atoms with Crippen molar-refractivity contribution in [2.45, 2.75) is 38.3 Å². The van der Waals surface area contributed by atoms with E-state index < -0.39 is 11.6 Å². The summed E-state index contributed by atoms with van der Waals surface area (Å²) in [6.07, 6.45) is 6.50. The van der Waals surface area contributed by atoms with Crippen LogP contribution in [0.5, 0.6) is 0 Å². The van der Waals surface area contributed by atoms with E-state index >= 15 is 0 Å². The average Bonchev–Trinajstić information content (AvgIpc) is 2.98. The molecule has 1 aromatic carbocycles. The highest BCUT2D eigenvalue weighted by atomic mass is 19.1. The molecule has 1 atom stereocenters. The van der Waals surface area contributed by atoms with Crippen LogP contribution in [0, 0.1) is 11.6 Å². The largest absolute Gasteiger partial charge is 0.376 e. The van der Waals surface area contributed by atoms with Gasteiger partial charge in [0.2, 0.25) is 5.91 Å². The van der Waals surface area contributed by atoms with Crippen LogP contribution in [-0.2, 0) is 22.5 Å². The number of halogens is 2. The first-order valence-electron chi connectivity index (χ1n) is 7.98. The van der Waals surface area contributed by atoms with E-state index in [1.807, 2.05) is 0 Å². The molecule has 0 saturated carbocycles. The minimum absolute atomic E-state index is 0.149. The number of carbonyl (C=O) groups excluding carboxylic acids is 1. The zero-order valence-corrected chi connectivity index (χ0v) is 13.2. The van der Waals surface area contributed by atoms with E-state index in [1.165, 1.54) is 6.07 Å². The van der Waals surface area contributed by atoms with Crippen LogP contribution < -0.4 is 5.32 Å². The highest BCUT2D eigenvalue weighted by Gasteiger charge is 2.15. The van der Waals surface area contributed by atoms with Crippen LogP contribution in [0.3, 0.4) is 0 Å². The Hall–Kier alpha value is -2.28. The van der Waals surface area contributed by atoms with E-state index in [9.17, 15) is 13.6 Å². The maximum Gasteiger partial charge on any atom is 0.228 e. The number of anilines is 1. The molecule has 1 fully saturated rings. The first-order chi connectivity index (χ1) is 11.6. The van der Waals surface area contributed by atoms with Gasteiger partial charge in [0, 0.05) is 18.9 Å². The minimum atomic E-state index is -0.727. The monoisotopic (exact) mass is 335 g/mol. The topological polar surface area (TPSA) is 56.2 Å². The molecule has 1 amide bonds. The van der Waals surface area contributed by atoms with Gasteiger partial charge in [-0.05, 0) is 30.9 Å². The van der Waals surface area contributed by atoms with Crippen LogP contribution in [0.1, 0.15) is 24.8 Å². The highest BCUT2D eigenvalue weighted by molar-refractivity contribution is 5.92. The van der Waals surface area contributed by atoms with Gasteiger partial charge in [0.15, 0.2) is 0 Å². The summed E-state index contributed by atoms with van der Waals surface area (Å²) in [4.78, 5) is 12.0. The predicted molar refractivity (Wildman–Crippen MR) is 84.5 cm³/mol. The molecule has 1 aromatic heterocycles. The van der Waals surface area contributed by atoms with Crippen molar-refractivity contribution in [1.82, 2.24) is 9.78 Å². The van der Waals surface area contributed by atoms with Crippen LogP contribution in [0.15, 0.2) is 30.6 Å². The number of ether oxygens (including phenoxy) is 1. The molecule has 0 radical (unpaired) electrons. The number of aromatic nitrogens is 2. The quantitative estimate of drug-likeness (QED) is 0.914. The average molecular weight is 335 g/mol. The second kappa shape index (κ2) is 7.53. The first kappa shape index (κ1) is 16.6. The Morgan fingerprint density at radius 2 is 2.25 bits per heavy atom. The smallest absolute Gasteiger partial charge is 0.228 e. The van der Waals surface area contributed by atoms with Crippen LogP contribution in [0.25, 0.3) is 0 Å². The van der Waals surface area contributed by atoms with E-state index in [0.717, 1.165) is 38.0 Å². The molecule has 2 heterocycles. The van der Waals surface area contributed by atoms with Gasteiger partial charge < -0.3 is 10.1 Å². The first-order valence-corrected chi connectivity index (χ1v) is 7.98. The number of amides is 1. The number of benzene rings is 1. The van der Waals surface area contributed by atoms with Crippen molar-refractivity contribution >= 4 is 11.6 Å². The Labute approximate surface area is 138 Å². The van der Waals surface area contributed by atoms with E-state index in [-0.39, 0.29) is 24.0 Å². The molecule has 24 heavy (non-hydrogen) atoms. The van der Waals surface area contributed by atoms with Gasteiger partial charge in [-0.2, -0.15) is 5.10 Å². The van der Waals surface area contributed by atoms with Crippen LogP contribution in [0.2, 0.25) is 0 Å². The zero-order chi connectivity index (χ0) is 16.9. The molecular formula is C17H19F2N3O2.